The maximum atomic E-state index is 11.3. The van der Waals surface area contributed by atoms with Crippen LogP contribution in [-0.4, -0.2) is 8.42 Å². The maximum absolute atomic E-state index is 11.3. The Morgan fingerprint density at radius 1 is 1.15 bits per heavy atom. The Morgan fingerprint density at radius 3 is 2.40 bits per heavy atom. The molecule has 0 radical (unpaired) electrons. The van der Waals surface area contributed by atoms with E-state index in [1.165, 1.54) is 18.2 Å². The average molecular weight is 313 g/mol. The Bertz CT molecular complexity index is 760. The van der Waals surface area contributed by atoms with E-state index in [0.29, 0.717) is 16.5 Å². The second-order valence-electron chi connectivity index (χ2n) is 4.26. The Balaban J connectivity index is 2.34. The van der Waals surface area contributed by atoms with E-state index < -0.39 is 10.0 Å². The van der Waals surface area contributed by atoms with E-state index in [4.69, 9.17) is 27.2 Å². The van der Waals surface area contributed by atoms with Crippen LogP contribution in [-0.2, 0) is 10.0 Å². The summed E-state index contributed by atoms with van der Waals surface area (Å²) in [6.45, 7) is 1.85. The molecule has 0 fully saturated rings. The standard InChI is InChI=1S/C13H13ClN2O3S/c1-8-6-9(14)2-4-12(8)19-10-3-5-13(11(15)7-10)20(16,17)18/h2-7H,15H2,1H3,(H2,16,17,18). The summed E-state index contributed by atoms with van der Waals surface area (Å²) >= 11 is 5.86. The number of nitrogen functional groups attached to an aromatic ring is 1. The van der Waals surface area contributed by atoms with E-state index in [-0.39, 0.29) is 10.6 Å². The molecule has 2 aromatic carbocycles. The van der Waals surface area contributed by atoms with Gasteiger partial charge in [-0.3, -0.25) is 0 Å². The molecule has 5 nitrogen and oxygen atoms in total. The van der Waals surface area contributed by atoms with E-state index in [9.17, 15) is 8.42 Å². The van der Waals surface area contributed by atoms with Crippen molar-refractivity contribution in [2.45, 2.75) is 11.8 Å². The SMILES string of the molecule is Cc1cc(Cl)ccc1Oc1ccc(S(N)(=O)=O)c(N)c1. The van der Waals surface area contributed by atoms with Crippen molar-refractivity contribution < 1.29 is 13.2 Å². The van der Waals surface area contributed by atoms with Crippen LogP contribution in [0, 0.1) is 6.92 Å². The summed E-state index contributed by atoms with van der Waals surface area (Å²) in [5, 5.41) is 5.65. The molecule has 0 spiro atoms. The normalized spacial score (nSPS) is 11.3. The fraction of sp³-hybridized carbons (Fsp3) is 0.0769. The number of benzene rings is 2. The van der Waals surface area contributed by atoms with Gasteiger partial charge >= 0.3 is 0 Å². The number of rotatable bonds is 3. The lowest BCUT2D eigenvalue weighted by Crippen LogP contribution is -2.14. The lowest BCUT2D eigenvalue weighted by molar-refractivity contribution is 0.479. The van der Waals surface area contributed by atoms with Crippen LogP contribution in [0.2, 0.25) is 5.02 Å². The first-order valence-corrected chi connectivity index (χ1v) is 7.56. The Morgan fingerprint density at radius 2 is 1.85 bits per heavy atom. The number of nitrogens with two attached hydrogens (primary N) is 2. The molecule has 0 atom stereocenters. The molecule has 0 bridgehead atoms. The second-order valence-corrected chi connectivity index (χ2v) is 6.22. The van der Waals surface area contributed by atoms with Crippen molar-refractivity contribution in [3.05, 3.63) is 47.0 Å². The van der Waals surface area contributed by atoms with Crippen LogP contribution in [0.3, 0.4) is 0 Å². The summed E-state index contributed by atoms with van der Waals surface area (Å²) in [6, 6.07) is 9.40. The van der Waals surface area contributed by atoms with Crippen molar-refractivity contribution in [1.82, 2.24) is 0 Å². The van der Waals surface area contributed by atoms with E-state index in [1.54, 1.807) is 18.2 Å². The largest absolute Gasteiger partial charge is 0.457 e. The first-order chi connectivity index (χ1) is 9.27. The second kappa shape index (κ2) is 5.32. The van der Waals surface area contributed by atoms with Gasteiger partial charge in [-0.05, 0) is 42.8 Å². The minimum atomic E-state index is -3.83. The van der Waals surface area contributed by atoms with E-state index in [0.717, 1.165) is 5.56 Å². The van der Waals surface area contributed by atoms with Gasteiger partial charge in [0.2, 0.25) is 10.0 Å². The molecule has 0 aliphatic heterocycles. The summed E-state index contributed by atoms with van der Waals surface area (Å²) in [4.78, 5) is -0.127. The van der Waals surface area contributed by atoms with Crippen LogP contribution in [0.15, 0.2) is 41.3 Å². The van der Waals surface area contributed by atoms with Crippen LogP contribution < -0.4 is 15.6 Å². The van der Waals surface area contributed by atoms with Gasteiger partial charge in [-0.25, -0.2) is 13.6 Å². The van der Waals surface area contributed by atoms with Gasteiger partial charge in [0.1, 0.15) is 16.4 Å². The lowest BCUT2D eigenvalue weighted by atomic mass is 10.2. The first kappa shape index (κ1) is 14.6. The van der Waals surface area contributed by atoms with Crippen molar-refractivity contribution in [1.29, 1.82) is 0 Å². The highest BCUT2D eigenvalue weighted by atomic mass is 35.5. The van der Waals surface area contributed by atoms with Crippen LogP contribution in [0.4, 0.5) is 5.69 Å². The molecule has 106 valence electrons. The molecule has 4 N–H and O–H groups in total. The number of halogens is 1. The highest BCUT2D eigenvalue weighted by Crippen LogP contribution is 2.30. The van der Waals surface area contributed by atoms with Crippen molar-refractivity contribution in [3.63, 3.8) is 0 Å². The molecule has 0 amide bonds. The molecule has 0 aliphatic carbocycles. The number of sulfonamides is 1. The number of primary sulfonamides is 1. The maximum Gasteiger partial charge on any atom is 0.240 e. The molecule has 20 heavy (non-hydrogen) atoms. The summed E-state index contributed by atoms with van der Waals surface area (Å²) in [6.07, 6.45) is 0. The Kier molecular flexibility index (Phi) is 3.89. The molecule has 0 saturated heterocycles. The molecule has 0 aliphatic rings. The third kappa shape index (κ3) is 3.22. The summed E-state index contributed by atoms with van der Waals surface area (Å²) in [5.74, 6) is 1.03. The Labute approximate surface area is 122 Å². The predicted molar refractivity (Wildman–Crippen MR) is 78.5 cm³/mol. The molecular formula is C13H13ClN2O3S. The van der Waals surface area contributed by atoms with Gasteiger partial charge in [0.05, 0.1) is 5.69 Å². The van der Waals surface area contributed by atoms with Crippen LogP contribution in [0.5, 0.6) is 11.5 Å². The topological polar surface area (TPSA) is 95.4 Å². The van der Waals surface area contributed by atoms with Gasteiger partial charge in [0.15, 0.2) is 0 Å². The van der Waals surface area contributed by atoms with Crippen molar-refractivity contribution >= 4 is 27.3 Å². The highest BCUT2D eigenvalue weighted by molar-refractivity contribution is 7.89. The minimum Gasteiger partial charge on any atom is -0.457 e. The van der Waals surface area contributed by atoms with Crippen molar-refractivity contribution in [3.8, 4) is 11.5 Å². The quantitative estimate of drug-likeness (QED) is 0.852. The van der Waals surface area contributed by atoms with Crippen molar-refractivity contribution in [2.75, 3.05) is 5.73 Å². The zero-order valence-corrected chi connectivity index (χ0v) is 12.2. The van der Waals surface area contributed by atoms with E-state index in [1.807, 2.05) is 6.92 Å². The molecular weight excluding hydrogens is 300 g/mol. The molecule has 0 aromatic heterocycles. The number of ether oxygens (including phenoxy) is 1. The van der Waals surface area contributed by atoms with Gasteiger partial charge < -0.3 is 10.5 Å². The van der Waals surface area contributed by atoms with Gasteiger partial charge in [-0.15, -0.1) is 0 Å². The lowest BCUT2D eigenvalue weighted by Gasteiger charge is -2.10. The van der Waals surface area contributed by atoms with Crippen LogP contribution >= 0.6 is 11.6 Å². The third-order valence-electron chi connectivity index (χ3n) is 2.65. The fourth-order valence-corrected chi connectivity index (χ4v) is 2.58. The van der Waals surface area contributed by atoms with Gasteiger partial charge in [-0.2, -0.15) is 0 Å². The van der Waals surface area contributed by atoms with Gasteiger partial charge in [0.25, 0.3) is 0 Å². The molecule has 0 unspecified atom stereocenters. The third-order valence-corrected chi connectivity index (χ3v) is 3.87. The van der Waals surface area contributed by atoms with E-state index in [2.05, 4.69) is 0 Å². The monoisotopic (exact) mass is 312 g/mol. The minimum absolute atomic E-state index is 0.0385. The van der Waals surface area contributed by atoms with Crippen molar-refractivity contribution in [2.24, 2.45) is 5.14 Å². The first-order valence-electron chi connectivity index (χ1n) is 5.64. The van der Waals surface area contributed by atoms with Crippen LogP contribution in [0.25, 0.3) is 0 Å². The number of anilines is 1. The van der Waals surface area contributed by atoms with Gasteiger partial charge in [0, 0.05) is 11.1 Å². The Hall–Kier alpha value is -1.76. The molecule has 0 heterocycles. The predicted octanol–water partition coefficient (Wildman–Crippen LogP) is 2.67. The number of aryl methyl sites for hydroxylation is 1. The highest BCUT2D eigenvalue weighted by Gasteiger charge is 2.13. The fourth-order valence-electron chi connectivity index (χ4n) is 1.70. The van der Waals surface area contributed by atoms with E-state index >= 15 is 0 Å². The number of hydrogen-bond acceptors (Lipinski definition) is 4. The van der Waals surface area contributed by atoms with Gasteiger partial charge in [-0.1, -0.05) is 11.6 Å². The zero-order valence-electron chi connectivity index (χ0n) is 10.6. The number of hydrogen-bond donors (Lipinski definition) is 2. The van der Waals surface area contributed by atoms with Crippen LogP contribution in [0.1, 0.15) is 5.56 Å². The summed E-state index contributed by atoms with van der Waals surface area (Å²) in [5.41, 5.74) is 6.55. The average Bonchev–Trinajstić information content (AvgIpc) is 2.31. The molecule has 2 aromatic rings. The smallest absolute Gasteiger partial charge is 0.240 e. The summed E-state index contributed by atoms with van der Waals surface area (Å²) < 4.78 is 28.2. The summed E-state index contributed by atoms with van der Waals surface area (Å²) in [7, 11) is -3.83. The molecule has 0 saturated carbocycles. The molecule has 2 rings (SSSR count). The zero-order chi connectivity index (χ0) is 14.9. The molecule has 7 heteroatoms.